The zero-order valence-electron chi connectivity index (χ0n) is 16.5. The molecule has 3 rings (SSSR count). The second kappa shape index (κ2) is 8.65. The number of nitrogens with one attached hydrogen (secondary N) is 2. The molecular formula is C23H25N3O2. The third-order valence-corrected chi connectivity index (χ3v) is 4.77. The summed E-state index contributed by atoms with van der Waals surface area (Å²) in [5.41, 5.74) is 4.95. The van der Waals surface area contributed by atoms with E-state index in [2.05, 4.69) is 15.6 Å². The van der Waals surface area contributed by atoms with Gasteiger partial charge in [0.25, 0.3) is 5.91 Å². The Kier molecular flexibility index (Phi) is 6.04. The maximum atomic E-state index is 12.6. The Morgan fingerprint density at radius 3 is 2.61 bits per heavy atom. The van der Waals surface area contributed by atoms with E-state index in [9.17, 15) is 9.59 Å². The van der Waals surface area contributed by atoms with Crippen LogP contribution in [0.5, 0.6) is 0 Å². The zero-order valence-corrected chi connectivity index (χ0v) is 16.5. The van der Waals surface area contributed by atoms with Gasteiger partial charge in [0.1, 0.15) is 0 Å². The van der Waals surface area contributed by atoms with Crippen LogP contribution in [0.4, 0.5) is 5.69 Å². The predicted molar refractivity (Wildman–Crippen MR) is 113 cm³/mol. The van der Waals surface area contributed by atoms with Crippen LogP contribution in [0.2, 0.25) is 0 Å². The molecule has 0 spiro atoms. The van der Waals surface area contributed by atoms with E-state index in [0.717, 1.165) is 34.1 Å². The topological polar surface area (TPSA) is 71.1 Å². The Morgan fingerprint density at radius 1 is 1.04 bits per heavy atom. The summed E-state index contributed by atoms with van der Waals surface area (Å²) in [6.07, 6.45) is 1.11. The van der Waals surface area contributed by atoms with Crippen molar-refractivity contribution >= 4 is 28.4 Å². The molecule has 5 nitrogen and oxygen atoms in total. The lowest BCUT2D eigenvalue weighted by atomic mass is 9.99. The van der Waals surface area contributed by atoms with Gasteiger partial charge in [-0.25, -0.2) is 0 Å². The van der Waals surface area contributed by atoms with E-state index in [0.29, 0.717) is 17.8 Å². The molecule has 28 heavy (non-hydrogen) atoms. The highest BCUT2D eigenvalue weighted by atomic mass is 16.2. The van der Waals surface area contributed by atoms with Crippen molar-refractivity contribution in [1.29, 1.82) is 0 Å². The number of carbonyl (C=O) groups is 2. The van der Waals surface area contributed by atoms with Crippen molar-refractivity contribution in [2.24, 2.45) is 0 Å². The number of carbonyl (C=O) groups excluding carboxylic acids is 2. The molecule has 1 aromatic heterocycles. The number of hydrogen-bond donors (Lipinski definition) is 2. The van der Waals surface area contributed by atoms with E-state index < -0.39 is 0 Å². The first-order chi connectivity index (χ1) is 13.5. The Labute approximate surface area is 165 Å². The monoisotopic (exact) mass is 375 g/mol. The Balaban J connectivity index is 1.76. The number of amides is 2. The molecule has 0 unspecified atom stereocenters. The van der Waals surface area contributed by atoms with Crippen LogP contribution in [0.3, 0.4) is 0 Å². The van der Waals surface area contributed by atoms with Crippen LogP contribution < -0.4 is 10.6 Å². The SMILES string of the molecule is CCCNC(=O)c1cccc(NC(=O)Cc2c(C)nc3ccccc3c2C)c1. The number of anilines is 1. The van der Waals surface area contributed by atoms with Gasteiger partial charge in [0.2, 0.25) is 5.91 Å². The molecule has 0 radical (unpaired) electrons. The van der Waals surface area contributed by atoms with Crippen LogP contribution in [0.15, 0.2) is 48.5 Å². The van der Waals surface area contributed by atoms with Gasteiger partial charge in [0.05, 0.1) is 11.9 Å². The highest BCUT2D eigenvalue weighted by Gasteiger charge is 2.14. The number of rotatable bonds is 6. The van der Waals surface area contributed by atoms with Crippen molar-refractivity contribution < 1.29 is 9.59 Å². The molecule has 0 aliphatic carbocycles. The number of nitrogens with zero attached hydrogens (tertiary/aromatic N) is 1. The maximum Gasteiger partial charge on any atom is 0.251 e. The van der Waals surface area contributed by atoms with Gasteiger partial charge in [-0.1, -0.05) is 31.2 Å². The number of pyridine rings is 1. The van der Waals surface area contributed by atoms with E-state index >= 15 is 0 Å². The van der Waals surface area contributed by atoms with Gasteiger partial charge >= 0.3 is 0 Å². The third-order valence-electron chi connectivity index (χ3n) is 4.77. The molecule has 1 heterocycles. The summed E-state index contributed by atoms with van der Waals surface area (Å²) in [6, 6.07) is 14.9. The summed E-state index contributed by atoms with van der Waals surface area (Å²) in [5.74, 6) is -0.266. The first-order valence-corrected chi connectivity index (χ1v) is 9.52. The molecule has 0 aliphatic heterocycles. The van der Waals surface area contributed by atoms with Gasteiger partial charge in [-0.15, -0.1) is 0 Å². The number of hydrogen-bond acceptors (Lipinski definition) is 3. The lowest BCUT2D eigenvalue weighted by Crippen LogP contribution is -2.24. The Morgan fingerprint density at radius 2 is 1.82 bits per heavy atom. The highest BCUT2D eigenvalue weighted by Crippen LogP contribution is 2.23. The quantitative estimate of drug-likeness (QED) is 0.679. The maximum absolute atomic E-state index is 12.6. The molecule has 2 N–H and O–H groups in total. The fourth-order valence-electron chi connectivity index (χ4n) is 3.28. The summed E-state index contributed by atoms with van der Waals surface area (Å²) in [5, 5.41) is 6.80. The van der Waals surface area contributed by atoms with Crippen molar-refractivity contribution in [3.63, 3.8) is 0 Å². The minimum Gasteiger partial charge on any atom is -0.352 e. The lowest BCUT2D eigenvalue weighted by molar-refractivity contribution is -0.115. The summed E-state index contributed by atoms with van der Waals surface area (Å²) in [6.45, 7) is 6.59. The molecule has 0 saturated heterocycles. The van der Waals surface area contributed by atoms with Crippen LogP contribution in [-0.2, 0) is 11.2 Å². The largest absolute Gasteiger partial charge is 0.352 e. The van der Waals surface area contributed by atoms with Gasteiger partial charge in [-0.2, -0.15) is 0 Å². The van der Waals surface area contributed by atoms with Crippen molar-refractivity contribution in [3.05, 3.63) is 70.9 Å². The fourth-order valence-corrected chi connectivity index (χ4v) is 3.28. The van der Waals surface area contributed by atoms with Crippen molar-refractivity contribution in [1.82, 2.24) is 10.3 Å². The molecule has 0 fully saturated rings. The number of para-hydroxylation sites is 1. The van der Waals surface area contributed by atoms with Gasteiger partial charge in [-0.3, -0.25) is 14.6 Å². The number of fused-ring (bicyclic) bond motifs is 1. The van der Waals surface area contributed by atoms with Crippen LogP contribution >= 0.6 is 0 Å². The molecule has 144 valence electrons. The minimum absolute atomic E-state index is 0.130. The third kappa shape index (κ3) is 4.36. The number of aromatic nitrogens is 1. The summed E-state index contributed by atoms with van der Waals surface area (Å²) < 4.78 is 0. The molecule has 2 amide bonds. The molecule has 3 aromatic rings. The first kappa shape index (κ1) is 19.5. The van der Waals surface area contributed by atoms with E-state index in [1.807, 2.05) is 45.0 Å². The summed E-state index contributed by atoms with van der Waals surface area (Å²) in [7, 11) is 0. The van der Waals surface area contributed by atoms with E-state index in [1.165, 1.54) is 0 Å². The summed E-state index contributed by atoms with van der Waals surface area (Å²) >= 11 is 0. The second-order valence-corrected chi connectivity index (χ2v) is 6.88. The average molecular weight is 375 g/mol. The highest BCUT2D eigenvalue weighted by molar-refractivity contribution is 5.98. The van der Waals surface area contributed by atoms with Crippen LogP contribution in [-0.4, -0.2) is 23.3 Å². The molecule has 5 heteroatoms. The standard InChI is InChI=1S/C23H25N3O2/c1-4-12-24-23(28)17-8-7-9-18(13-17)26-22(27)14-20-15(2)19-10-5-6-11-21(19)25-16(20)3/h5-11,13H,4,12,14H2,1-3H3,(H,24,28)(H,26,27). The first-order valence-electron chi connectivity index (χ1n) is 9.52. The molecule has 0 saturated carbocycles. The van der Waals surface area contributed by atoms with Gasteiger partial charge < -0.3 is 10.6 Å². The average Bonchev–Trinajstić information content (AvgIpc) is 2.69. The number of benzene rings is 2. The normalized spacial score (nSPS) is 10.7. The lowest BCUT2D eigenvalue weighted by Gasteiger charge is -2.13. The van der Waals surface area contributed by atoms with Crippen LogP contribution in [0.1, 0.15) is 40.5 Å². The van der Waals surface area contributed by atoms with Crippen molar-refractivity contribution in [3.8, 4) is 0 Å². The number of aryl methyl sites for hydroxylation is 2. The predicted octanol–water partition coefficient (Wildman–Crippen LogP) is 4.17. The van der Waals surface area contributed by atoms with Crippen LogP contribution in [0.25, 0.3) is 10.9 Å². The van der Waals surface area contributed by atoms with Crippen LogP contribution in [0, 0.1) is 13.8 Å². The van der Waals surface area contributed by atoms with Gasteiger partial charge in [0.15, 0.2) is 0 Å². The van der Waals surface area contributed by atoms with Crippen molar-refractivity contribution in [2.45, 2.75) is 33.6 Å². The molecule has 0 aliphatic rings. The van der Waals surface area contributed by atoms with Crippen molar-refractivity contribution in [2.75, 3.05) is 11.9 Å². The summed E-state index contributed by atoms with van der Waals surface area (Å²) in [4.78, 5) is 29.4. The molecular weight excluding hydrogens is 350 g/mol. The Bertz CT molecular complexity index is 1030. The van der Waals surface area contributed by atoms with Gasteiger partial charge in [0, 0.05) is 28.9 Å². The minimum atomic E-state index is -0.136. The fraction of sp³-hybridized carbons (Fsp3) is 0.261. The smallest absolute Gasteiger partial charge is 0.251 e. The second-order valence-electron chi connectivity index (χ2n) is 6.88. The van der Waals surface area contributed by atoms with E-state index in [1.54, 1.807) is 24.3 Å². The molecule has 2 aromatic carbocycles. The molecule has 0 bridgehead atoms. The van der Waals surface area contributed by atoms with E-state index in [4.69, 9.17) is 0 Å². The van der Waals surface area contributed by atoms with E-state index in [-0.39, 0.29) is 18.2 Å². The zero-order chi connectivity index (χ0) is 20.1. The Hall–Kier alpha value is -3.21. The molecule has 0 atom stereocenters. The van der Waals surface area contributed by atoms with Gasteiger partial charge in [-0.05, 0) is 55.7 Å².